The highest BCUT2D eigenvalue weighted by Gasteiger charge is 2.41. The summed E-state index contributed by atoms with van der Waals surface area (Å²) in [6, 6.07) is 0.620. The minimum atomic E-state index is 0.173. The standard InChI is InChI=1S/C19H30N4O2/c1-11-21-19(25-23-11)12-5-7-16(8-6-12)22-18(24)15-9-13-3-2-4-14(10-15)17(13)20/h12-17H,2-10,20H2,1H3,(H,22,24). The molecule has 3 fully saturated rings. The fourth-order valence-corrected chi connectivity index (χ4v) is 5.29. The Morgan fingerprint density at radius 3 is 2.40 bits per heavy atom. The van der Waals surface area contributed by atoms with E-state index in [1.165, 1.54) is 19.3 Å². The van der Waals surface area contributed by atoms with Crippen molar-refractivity contribution in [2.75, 3.05) is 0 Å². The Kier molecular flexibility index (Phi) is 4.80. The van der Waals surface area contributed by atoms with Crippen LogP contribution in [0.25, 0.3) is 0 Å². The number of nitrogens with zero attached hydrogens (tertiary/aromatic N) is 2. The molecule has 6 nitrogen and oxygen atoms in total. The molecule has 2 unspecified atom stereocenters. The molecule has 3 aliphatic rings. The minimum Gasteiger partial charge on any atom is -0.353 e. The zero-order chi connectivity index (χ0) is 17.4. The Labute approximate surface area is 149 Å². The van der Waals surface area contributed by atoms with Crippen molar-refractivity contribution in [2.45, 2.75) is 82.7 Å². The maximum Gasteiger partial charge on any atom is 0.229 e. The summed E-state index contributed by atoms with van der Waals surface area (Å²) in [6.45, 7) is 1.85. The molecule has 3 N–H and O–H groups in total. The van der Waals surface area contributed by atoms with Gasteiger partial charge in [-0.25, -0.2) is 0 Å². The summed E-state index contributed by atoms with van der Waals surface area (Å²) >= 11 is 0. The van der Waals surface area contributed by atoms with Crippen molar-refractivity contribution in [1.29, 1.82) is 0 Å². The van der Waals surface area contributed by atoms with Gasteiger partial charge in [0.1, 0.15) is 0 Å². The van der Waals surface area contributed by atoms with Crippen LogP contribution in [0.4, 0.5) is 0 Å². The van der Waals surface area contributed by atoms with Crippen LogP contribution in [0.3, 0.4) is 0 Å². The molecule has 0 saturated heterocycles. The fourth-order valence-electron chi connectivity index (χ4n) is 5.29. The van der Waals surface area contributed by atoms with Gasteiger partial charge in [0.15, 0.2) is 5.82 Å². The molecule has 3 saturated carbocycles. The Hall–Kier alpha value is -1.43. The second-order valence-corrected chi connectivity index (χ2v) is 8.43. The maximum absolute atomic E-state index is 12.8. The van der Waals surface area contributed by atoms with Crippen LogP contribution in [0, 0.1) is 24.7 Å². The first kappa shape index (κ1) is 17.0. The summed E-state index contributed by atoms with van der Waals surface area (Å²) in [4.78, 5) is 17.1. The van der Waals surface area contributed by atoms with Crippen molar-refractivity contribution < 1.29 is 9.32 Å². The van der Waals surface area contributed by atoms with Crippen molar-refractivity contribution in [1.82, 2.24) is 15.5 Å². The Morgan fingerprint density at radius 1 is 1.12 bits per heavy atom. The van der Waals surface area contributed by atoms with Crippen molar-refractivity contribution in [3.05, 3.63) is 11.7 Å². The van der Waals surface area contributed by atoms with E-state index in [0.29, 0.717) is 35.7 Å². The molecule has 0 radical (unpaired) electrons. The smallest absolute Gasteiger partial charge is 0.229 e. The number of hydrogen-bond acceptors (Lipinski definition) is 5. The van der Waals surface area contributed by atoms with Crippen molar-refractivity contribution in [3.63, 3.8) is 0 Å². The van der Waals surface area contributed by atoms with E-state index in [0.717, 1.165) is 44.4 Å². The highest BCUT2D eigenvalue weighted by molar-refractivity contribution is 5.79. The van der Waals surface area contributed by atoms with Gasteiger partial charge in [-0.2, -0.15) is 4.98 Å². The third-order valence-electron chi connectivity index (χ3n) is 6.75. The van der Waals surface area contributed by atoms with Gasteiger partial charge in [-0.1, -0.05) is 11.6 Å². The highest BCUT2D eigenvalue weighted by Crippen LogP contribution is 2.42. The van der Waals surface area contributed by atoms with E-state index in [2.05, 4.69) is 15.5 Å². The zero-order valence-corrected chi connectivity index (χ0v) is 15.1. The van der Waals surface area contributed by atoms with Crippen LogP contribution in [0.15, 0.2) is 4.52 Å². The molecule has 1 aromatic rings. The molecule has 25 heavy (non-hydrogen) atoms. The van der Waals surface area contributed by atoms with Crippen molar-refractivity contribution >= 4 is 5.91 Å². The molecular weight excluding hydrogens is 316 g/mol. The second kappa shape index (κ2) is 7.06. The number of fused-ring (bicyclic) bond motifs is 2. The van der Waals surface area contributed by atoms with Crippen LogP contribution in [-0.4, -0.2) is 28.1 Å². The molecule has 0 aliphatic heterocycles. The minimum absolute atomic E-state index is 0.173. The number of carbonyl (C=O) groups is 1. The summed E-state index contributed by atoms with van der Waals surface area (Å²) < 4.78 is 5.31. The molecule has 2 bridgehead atoms. The third kappa shape index (κ3) is 3.59. The van der Waals surface area contributed by atoms with Gasteiger partial charge in [-0.05, 0) is 70.1 Å². The van der Waals surface area contributed by atoms with Crippen LogP contribution >= 0.6 is 0 Å². The van der Waals surface area contributed by atoms with Crippen LogP contribution in [0.5, 0.6) is 0 Å². The lowest BCUT2D eigenvalue weighted by Crippen LogP contribution is -2.50. The lowest BCUT2D eigenvalue weighted by atomic mass is 9.65. The molecule has 4 rings (SSSR count). The van der Waals surface area contributed by atoms with Gasteiger partial charge in [0, 0.05) is 23.9 Å². The second-order valence-electron chi connectivity index (χ2n) is 8.43. The van der Waals surface area contributed by atoms with Gasteiger partial charge in [-0.3, -0.25) is 4.79 Å². The molecule has 138 valence electrons. The normalized spacial score (nSPS) is 38.3. The molecule has 1 aromatic heterocycles. The van der Waals surface area contributed by atoms with Crippen molar-refractivity contribution in [3.8, 4) is 0 Å². The molecule has 2 atom stereocenters. The number of carbonyl (C=O) groups excluding carboxylic acids is 1. The monoisotopic (exact) mass is 346 g/mol. The van der Waals surface area contributed by atoms with Crippen LogP contribution in [0.2, 0.25) is 0 Å². The first-order valence-corrected chi connectivity index (χ1v) is 9.96. The quantitative estimate of drug-likeness (QED) is 0.877. The maximum atomic E-state index is 12.8. The van der Waals surface area contributed by atoms with Gasteiger partial charge in [-0.15, -0.1) is 0 Å². The van der Waals surface area contributed by atoms with Gasteiger partial charge in [0.05, 0.1) is 0 Å². The predicted molar refractivity (Wildman–Crippen MR) is 93.7 cm³/mol. The SMILES string of the molecule is Cc1noc(C2CCC(NC(=O)C3CC4CCCC(C3)C4N)CC2)n1. The molecule has 6 heteroatoms. The molecule has 3 aliphatic carbocycles. The highest BCUT2D eigenvalue weighted by atomic mass is 16.5. The lowest BCUT2D eigenvalue weighted by molar-refractivity contribution is -0.128. The number of nitrogens with two attached hydrogens (primary N) is 1. The van der Waals surface area contributed by atoms with Crippen LogP contribution < -0.4 is 11.1 Å². The van der Waals surface area contributed by atoms with E-state index in [1.54, 1.807) is 0 Å². The van der Waals surface area contributed by atoms with Gasteiger partial charge in [0.2, 0.25) is 11.8 Å². The average molecular weight is 346 g/mol. The largest absolute Gasteiger partial charge is 0.353 e. The number of aromatic nitrogens is 2. The first-order valence-electron chi connectivity index (χ1n) is 9.96. The Morgan fingerprint density at radius 2 is 1.80 bits per heavy atom. The van der Waals surface area contributed by atoms with E-state index in [1.807, 2.05) is 6.92 Å². The summed E-state index contributed by atoms with van der Waals surface area (Å²) in [5.41, 5.74) is 6.35. The van der Waals surface area contributed by atoms with E-state index in [-0.39, 0.29) is 11.8 Å². The molecule has 0 aromatic carbocycles. The van der Waals surface area contributed by atoms with Crippen LogP contribution in [-0.2, 0) is 4.79 Å². The van der Waals surface area contributed by atoms with Gasteiger partial charge in [0.25, 0.3) is 0 Å². The fraction of sp³-hybridized carbons (Fsp3) is 0.842. The number of amides is 1. The van der Waals surface area contributed by atoms with E-state index >= 15 is 0 Å². The Balaban J connectivity index is 1.28. The number of aryl methyl sites for hydroxylation is 1. The first-order chi connectivity index (χ1) is 12.1. The number of hydrogen-bond donors (Lipinski definition) is 2. The average Bonchev–Trinajstić information content (AvgIpc) is 3.01. The molecule has 0 spiro atoms. The molecule has 1 heterocycles. The summed E-state index contributed by atoms with van der Waals surface area (Å²) in [7, 11) is 0. The molecule has 1 amide bonds. The van der Waals surface area contributed by atoms with E-state index in [4.69, 9.17) is 10.3 Å². The summed E-state index contributed by atoms with van der Waals surface area (Å²) in [5, 5.41) is 7.21. The Bertz CT molecular complexity index is 594. The zero-order valence-electron chi connectivity index (χ0n) is 15.1. The van der Waals surface area contributed by atoms with E-state index in [9.17, 15) is 4.79 Å². The van der Waals surface area contributed by atoms with Crippen molar-refractivity contribution in [2.24, 2.45) is 23.5 Å². The topological polar surface area (TPSA) is 94.0 Å². The van der Waals surface area contributed by atoms with Gasteiger partial charge < -0.3 is 15.6 Å². The number of rotatable bonds is 3. The van der Waals surface area contributed by atoms with Gasteiger partial charge >= 0.3 is 0 Å². The molecular formula is C19H30N4O2. The summed E-state index contributed by atoms with van der Waals surface area (Å²) in [5.74, 6) is 3.36. The van der Waals surface area contributed by atoms with Crippen LogP contribution in [0.1, 0.15) is 75.4 Å². The lowest BCUT2D eigenvalue weighted by Gasteiger charge is -2.44. The third-order valence-corrected chi connectivity index (χ3v) is 6.75. The predicted octanol–water partition coefficient (Wildman–Crippen LogP) is 2.67. The number of nitrogens with one attached hydrogen (secondary N) is 1. The summed E-state index contributed by atoms with van der Waals surface area (Å²) in [6.07, 6.45) is 9.68. The van der Waals surface area contributed by atoms with E-state index < -0.39 is 0 Å².